The Bertz CT molecular complexity index is 1030. The number of nitrogens with zero attached hydrogens (tertiary/aromatic N) is 3. The van der Waals surface area contributed by atoms with Crippen LogP contribution in [-0.2, 0) is 4.79 Å². The maximum absolute atomic E-state index is 12.3. The molecule has 0 saturated carbocycles. The quantitative estimate of drug-likeness (QED) is 0.346. The second-order valence-corrected chi connectivity index (χ2v) is 7.24. The Balaban J connectivity index is 1.71. The zero-order valence-corrected chi connectivity index (χ0v) is 15.8. The van der Waals surface area contributed by atoms with Crippen molar-refractivity contribution in [1.29, 1.82) is 5.26 Å². The van der Waals surface area contributed by atoms with Gasteiger partial charge in [-0.05, 0) is 42.5 Å². The van der Waals surface area contributed by atoms with E-state index < -0.39 is 11.7 Å². The molecule has 28 heavy (non-hydrogen) atoms. The predicted octanol–water partition coefficient (Wildman–Crippen LogP) is 5.07. The van der Waals surface area contributed by atoms with Gasteiger partial charge in [0, 0.05) is 22.2 Å². The summed E-state index contributed by atoms with van der Waals surface area (Å²) in [4.78, 5) is 21.3. The number of hydrogen-bond donors (Lipinski definition) is 1. The van der Waals surface area contributed by atoms with Crippen LogP contribution in [0.4, 0.5) is 14.5 Å². The molecule has 0 aliphatic rings. The third kappa shape index (κ3) is 5.22. The molecular formula is C19H12F2N4OS2. The molecule has 0 bridgehead atoms. The van der Waals surface area contributed by atoms with E-state index in [1.54, 1.807) is 17.6 Å². The average Bonchev–Trinajstić information content (AvgIpc) is 3.16. The number of thioether (sulfide) groups is 1. The molecule has 0 spiro atoms. The first-order valence-corrected chi connectivity index (χ1v) is 9.66. The minimum Gasteiger partial charge on any atom is -0.321 e. The number of anilines is 1. The first-order valence-electron chi connectivity index (χ1n) is 7.90. The molecule has 0 saturated heterocycles. The van der Waals surface area contributed by atoms with E-state index in [2.05, 4.69) is 15.3 Å². The first-order chi connectivity index (χ1) is 13.5. The van der Waals surface area contributed by atoms with E-state index >= 15 is 0 Å². The summed E-state index contributed by atoms with van der Waals surface area (Å²) in [7, 11) is 0. The van der Waals surface area contributed by atoms with Crippen LogP contribution < -0.4 is 5.32 Å². The molecule has 9 heteroatoms. The molecule has 3 aromatic rings. The number of carbonyl (C=O) groups excluding carboxylic acids is 1. The highest BCUT2D eigenvalue weighted by Gasteiger charge is 2.12. The van der Waals surface area contributed by atoms with Crippen LogP contribution in [0.5, 0.6) is 0 Å². The average molecular weight is 414 g/mol. The first kappa shape index (κ1) is 19.7. The molecule has 5 nitrogen and oxygen atoms in total. The lowest BCUT2D eigenvalue weighted by Crippen LogP contribution is -2.13. The summed E-state index contributed by atoms with van der Waals surface area (Å²) in [5.41, 5.74) is 1.46. The molecule has 1 aromatic carbocycles. The van der Waals surface area contributed by atoms with Crippen LogP contribution in [0.1, 0.15) is 5.69 Å². The van der Waals surface area contributed by atoms with Gasteiger partial charge in [-0.3, -0.25) is 9.78 Å². The number of amides is 1. The second kappa shape index (κ2) is 9.21. The number of alkyl halides is 2. The summed E-state index contributed by atoms with van der Waals surface area (Å²) in [5.74, 6) is -3.12. The van der Waals surface area contributed by atoms with Gasteiger partial charge in [0.25, 0.3) is 11.7 Å². The number of thiazole rings is 1. The molecule has 3 rings (SSSR count). The van der Waals surface area contributed by atoms with Crippen molar-refractivity contribution in [2.75, 3.05) is 5.32 Å². The Labute approximate surface area is 167 Å². The monoisotopic (exact) mass is 414 g/mol. The van der Waals surface area contributed by atoms with Gasteiger partial charge in [0.15, 0.2) is 0 Å². The maximum Gasteiger partial charge on any atom is 0.288 e. The number of carbonyl (C=O) groups is 1. The Morgan fingerprint density at radius 1 is 1.25 bits per heavy atom. The number of rotatable bonds is 6. The number of hydrogen-bond acceptors (Lipinski definition) is 6. The largest absolute Gasteiger partial charge is 0.321 e. The highest BCUT2D eigenvalue weighted by atomic mass is 32.2. The van der Waals surface area contributed by atoms with Crippen molar-refractivity contribution >= 4 is 40.8 Å². The number of aromatic nitrogens is 2. The summed E-state index contributed by atoms with van der Waals surface area (Å²) < 4.78 is 24.7. The summed E-state index contributed by atoms with van der Waals surface area (Å²) in [6, 6.07) is 13.3. The second-order valence-electron chi connectivity index (χ2n) is 5.32. The number of pyridine rings is 1. The van der Waals surface area contributed by atoms with Crippen LogP contribution in [0.25, 0.3) is 16.8 Å². The van der Waals surface area contributed by atoms with Gasteiger partial charge in [-0.25, -0.2) is 4.98 Å². The van der Waals surface area contributed by atoms with Gasteiger partial charge in [-0.1, -0.05) is 17.8 Å². The van der Waals surface area contributed by atoms with E-state index in [-0.39, 0.29) is 5.57 Å². The minimum atomic E-state index is -2.51. The molecule has 0 aliphatic carbocycles. The summed E-state index contributed by atoms with van der Waals surface area (Å²) >= 11 is 1.77. The van der Waals surface area contributed by atoms with E-state index in [1.807, 2.05) is 18.2 Å². The van der Waals surface area contributed by atoms with Crippen LogP contribution in [0.3, 0.4) is 0 Å². The van der Waals surface area contributed by atoms with Gasteiger partial charge >= 0.3 is 0 Å². The molecule has 1 amide bonds. The number of halogens is 2. The minimum absolute atomic E-state index is 0.121. The highest BCUT2D eigenvalue weighted by Crippen LogP contribution is 2.26. The predicted molar refractivity (Wildman–Crippen MR) is 106 cm³/mol. The lowest BCUT2D eigenvalue weighted by molar-refractivity contribution is -0.112. The molecular weight excluding hydrogens is 402 g/mol. The van der Waals surface area contributed by atoms with Crippen molar-refractivity contribution < 1.29 is 13.6 Å². The summed E-state index contributed by atoms with van der Waals surface area (Å²) in [6.45, 7) is 0. The van der Waals surface area contributed by atoms with E-state index in [4.69, 9.17) is 0 Å². The lowest BCUT2D eigenvalue weighted by Gasteiger charge is -2.05. The van der Waals surface area contributed by atoms with Gasteiger partial charge < -0.3 is 5.32 Å². The van der Waals surface area contributed by atoms with Crippen molar-refractivity contribution in [3.05, 3.63) is 65.3 Å². The van der Waals surface area contributed by atoms with E-state index in [0.29, 0.717) is 38.7 Å². The lowest BCUT2D eigenvalue weighted by atomic mass is 10.2. The van der Waals surface area contributed by atoms with Gasteiger partial charge in [0.2, 0.25) is 0 Å². The van der Waals surface area contributed by atoms with Crippen LogP contribution in [0.2, 0.25) is 0 Å². The Morgan fingerprint density at radius 3 is 2.68 bits per heavy atom. The van der Waals surface area contributed by atoms with Gasteiger partial charge in [0.05, 0.1) is 11.4 Å². The normalized spacial score (nSPS) is 11.3. The summed E-state index contributed by atoms with van der Waals surface area (Å²) in [6.07, 6.45) is 3.05. The smallest absolute Gasteiger partial charge is 0.288 e. The van der Waals surface area contributed by atoms with Crippen molar-refractivity contribution in [3.8, 4) is 16.8 Å². The van der Waals surface area contributed by atoms with Crippen molar-refractivity contribution in [3.63, 3.8) is 0 Å². The molecule has 0 radical (unpaired) electrons. The number of nitrogens with one attached hydrogen (secondary N) is 1. The fourth-order valence-electron chi connectivity index (χ4n) is 2.17. The molecule has 140 valence electrons. The van der Waals surface area contributed by atoms with Gasteiger partial charge in [-0.2, -0.15) is 14.0 Å². The van der Waals surface area contributed by atoms with Crippen molar-refractivity contribution in [2.24, 2.45) is 0 Å². The molecule has 0 aliphatic heterocycles. The number of nitriles is 1. The third-order valence-corrected chi connectivity index (χ3v) is 5.01. The SMILES string of the molecule is N#C/C(=C\c1csc(-c2ccccn2)n1)C(=O)Nc1ccc(SC(F)F)cc1. The van der Waals surface area contributed by atoms with Gasteiger partial charge in [0.1, 0.15) is 16.6 Å². The zero-order valence-electron chi connectivity index (χ0n) is 14.2. The Hall–Kier alpha value is -3.09. The third-order valence-electron chi connectivity index (χ3n) is 3.40. The Morgan fingerprint density at radius 2 is 2.04 bits per heavy atom. The molecule has 2 aromatic heterocycles. The molecule has 0 fully saturated rings. The number of benzene rings is 1. The maximum atomic E-state index is 12.3. The molecule has 1 N–H and O–H groups in total. The molecule has 2 heterocycles. The van der Waals surface area contributed by atoms with E-state index in [0.717, 1.165) is 0 Å². The van der Waals surface area contributed by atoms with Crippen LogP contribution in [0.15, 0.2) is 64.5 Å². The van der Waals surface area contributed by atoms with Crippen LogP contribution in [0, 0.1) is 11.3 Å². The standard InChI is InChI=1S/C19H12F2N4OS2/c20-19(21)28-15-6-4-13(5-7-15)24-17(26)12(10-22)9-14-11-27-18(25-14)16-3-1-2-8-23-16/h1-9,11,19H,(H,24,26)/b12-9+. The highest BCUT2D eigenvalue weighted by molar-refractivity contribution is 7.99. The Kier molecular flexibility index (Phi) is 6.47. The van der Waals surface area contributed by atoms with E-state index in [9.17, 15) is 18.8 Å². The van der Waals surface area contributed by atoms with Crippen molar-refractivity contribution in [1.82, 2.24) is 9.97 Å². The van der Waals surface area contributed by atoms with E-state index in [1.165, 1.54) is 41.7 Å². The fraction of sp³-hybridized carbons (Fsp3) is 0.0526. The van der Waals surface area contributed by atoms with Crippen LogP contribution >= 0.6 is 23.1 Å². The van der Waals surface area contributed by atoms with Crippen molar-refractivity contribution in [2.45, 2.75) is 10.7 Å². The topological polar surface area (TPSA) is 78.7 Å². The zero-order chi connectivity index (χ0) is 19.9. The fourth-order valence-corrected chi connectivity index (χ4v) is 3.43. The molecule has 0 unspecified atom stereocenters. The molecule has 0 atom stereocenters. The van der Waals surface area contributed by atoms with Crippen LogP contribution in [-0.4, -0.2) is 21.6 Å². The summed E-state index contributed by atoms with van der Waals surface area (Å²) in [5, 5.41) is 14.3. The van der Waals surface area contributed by atoms with Gasteiger partial charge in [-0.15, -0.1) is 11.3 Å².